The summed E-state index contributed by atoms with van der Waals surface area (Å²) in [6.45, 7) is 0.0126. The summed E-state index contributed by atoms with van der Waals surface area (Å²) in [6.07, 6.45) is -3.11. The van der Waals surface area contributed by atoms with E-state index in [1.807, 2.05) is 0 Å². The largest absolute Gasteiger partial charge is 0.416 e. The normalized spacial score (nSPS) is 11.6. The second-order valence-electron chi connectivity index (χ2n) is 5.09. The van der Waals surface area contributed by atoms with Crippen molar-refractivity contribution in [2.24, 2.45) is 0 Å². The first kappa shape index (κ1) is 15.8. The smallest absolute Gasteiger partial charge is 0.380 e. The zero-order valence-corrected chi connectivity index (χ0v) is 12.1. The number of nitro groups is 1. The minimum Gasteiger partial charge on any atom is -0.380 e. The van der Waals surface area contributed by atoms with Gasteiger partial charge in [0.05, 0.1) is 22.2 Å². The van der Waals surface area contributed by atoms with E-state index in [2.05, 4.69) is 15.5 Å². The van der Waals surface area contributed by atoms with Crippen molar-refractivity contribution in [2.75, 3.05) is 5.32 Å². The quantitative estimate of drug-likeness (QED) is 0.555. The van der Waals surface area contributed by atoms with Crippen molar-refractivity contribution < 1.29 is 18.1 Å². The minimum atomic E-state index is -4.51. The third-order valence-electron chi connectivity index (χ3n) is 3.54. The maximum atomic E-state index is 13.0. The standard InChI is InChI=1S/C15H11F3N4O2/c16-15(17,18)10-5-12(11-8-20-21-13(11)6-10)19-7-9-3-1-2-4-14(9)22(23)24/h1-6,8,19H,7H2,(H,20,21). The van der Waals surface area contributed by atoms with Gasteiger partial charge in [-0.1, -0.05) is 18.2 Å². The summed E-state index contributed by atoms with van der Waals surface area (Å²) in [5.74, 6) is 0. The molecule has 9 heteroatoms. The average Bonchev–Trinajstić information content (AvgIpc) is 3.00. The summed E-state index contributed by atoms with van der Waals surface area (Å²) in [5, 5.41) is 20.6. The number of H-pyrrole nitrogens is 1. The molecule has 0 fully saturated rings. The number of nitrogens with one attached hydrogen (secondary N) is 2. The van der Waals surface area contributed by atoms with Crippen LogP contribution in [0.4, 0.5) is 24.5 Å². The lowest BCUT2D eigenvalue weighted by atomic mass is 10.1. The van der Waals surface area contributed by atoms with Crippen LogP contribution in [-0.2, 0) is 12.7 Å². The number of nitro benzene ring substituents is 1. The van der Waals surface area contributed by atoms with Gasteiger partial charge in [-0.25, -0.2) is 0 Å². The maximum Gasteiger partial charge on any atom is 0.416 e. The summed E-state index contributed by atoms with van der Waals surface area (Å²) in [6, 6.07) is 7.98. The van der Waals surface area contributed by atoms with Crippen LogP contribution in [0.25, 0.3) is 10.9 Å². The lowest BCUT2D eigenvalue weighted by molar-refractivity contribution is -0.385. The summed E-state index contributed by atoms with van der Waals surface area (Å²) < 4.78 is 39.0. The molecule has 0 saturated carbocycles. The highest BCUT2D eigenvalue weighted by molar-refractivity contribution is 5.91. The van der Waals surface area contributed by atoms with Gasteiger partial charge in [0.1, 0.15) is 0 Å². The van der Waals surface area contributed by atoms with Crippen molar-refractivity contribution in [1.82, 2.24) is 10.2 Å². The van der Waals surface area contributed by atoms with Gasteiger partial charge in [0.15, 0.2) is 0 Å². The third-order valence-corrected chi connectivity index (χ3v) is 3.54. The van der Waals surface area contributed by atoms with E-state index in [0.717, 1.165) is 12.1 Å². The number of rotatable bonds is 4. The third kappa shape index (κ3) is 3.00. The molecule has 0 aliphatic rings. The highest BCUT2D eigenvalue weighted by Gasteiger charge is 2.31. The fourth-order valence-electron chi connectivity index (χ4n) is 2.39. The molecule has 0 aliphatic carbocycles. The molecule has 0 amide bonds. The predicted molar refractivity (Wildman–Crippen MR) is 81.5 cm³/mol. The summed E-state index contributed by atoms with van der Waals surface area (Å²) in [5.41, 5.74) is -0.122. The number of fused-ring (bicyclic) bond motifs is 1. The first-order valence-corrected chi connectivity index (χ1v) is 6.87. The number of alkyl halides is 3. The highest BCUT2D eigenvalue weighted by atomic mass is 19.4. The molecule has 0 bridgehead atoms. The van der Waals surface area contributed by atoms with Crippen LogP contribution in [0.3, 0.4) is 0 Å². The Morgan fingerprint density at radius 2 is 2.00 bits per heavy atom. The van der Waals surface area contributed by atoms with E-state index in [-0.39, 0.29) is 23.4 Å². The topological polar surface area (TPSA) is 83.9 Å². The van der Waals surface area contributed by atoms with E-state index >= 15 is 0 Å². The molecule has 1 aromatic heterocycles. The van der Waals surface area contributed by atoms with E-state index in [4.69, 9.17) is 0 Å². The van der Waals surface area contributed by atoms with Crippen LogP contribution in [0.2, 0.25) is 0 Å². The number of halogens is 3. The number of para-hydroxylation sites is 1. The lowest BCUT2D eigenvalue weighted by Gasteiger charge is -2.12. The van der Waals surface area contributed by atoms with Crippen molar-refractivity contribution in [3.8, 4) is 0 Å². The van der Waals surface area contributed by atoms with E-state index < -0.39 is 16.7 Å². The number of anilines is 1. The number of benzene rings is 2. The van der Waals surface area contributed by atoms with Crippen molar-refractivity contribution in [1.29, 1.82) is 0 Å². The van der Waals surface area contributed by atoms with Crippen LogP contribution in [-0.4, -0.2) is 15.1 Å². The Balaban J connectivity index is 1.96. The zero-order chi connectivity index (χ0) is 17.3. The summed E-state index contributed by atoms with van der Waals surface area (Å²) >= 11 is 0. The monoisotopic (exact) mass is 336 g/mol. The zero-order valence-electron chi connectivity index (χ0n) is 12.1. The number of hydrogen-bond donors (Lipinski definition) is 2. The molecule has 3 rings (SSSR count). The molecule has 1 heterocycles. The van der Waals surface area contributed by atoms with Crippen LogP contribution >= 0.6 is 0 Å². The Morgan fingerprint density at radius 3 is 2.71 bits per heavy atom. The summed E-state index contributed by atoms with van der Waals surface area (Å²) in [7, 11) is 0. The fraction of sp³-hybridized carbons (Fsp3) is 0.133. The fourth-order valence-corrected chi connectivity index (χ4v) is 2.39. The molecule has 0 unspecified atom stereocenters. The molecule has 2 aromatic carbocycles. The SMILES string of the molecule is O=[N+]([O-])c1ccccc1CNc1cc(C(F)(F)F)cc2[nH]ncc12. The molecule has 6 nitrogen and oxygen atoms in total. The number of aromatic amines is 1. The molecule has 0 radical (unpaired) electrons. The highest BCUT2D eigenvalue weighted by Crippen LogP contribution is 2.35. The molecule has 0 saturated heterocycles. The molecule has 3 aromatic rings. The Morgan fingerprint density at radius 1 is 1.25 bits per heavy atom. The Kier molecular flexibility index (Phi) is 3.84. The van der Waals surface area contributed by atoms with Crippen LogP contribution in [0, 0.1) is 10.1 Å². The molecule has 124 valence electrons. The van der Waals surface area contributed by atoms with Crippen LogP contribution in [0.5, 0.6) is 0 Å². The van der Waals surface area contributed by atoms with Crippen LogP contribution in [0.1, 0.15) is 11.1 Å². The van der Waals surface area contributed by atoms with E-state index in [1.54, 1.807) is 12.1 Å². The van der Waals surface area contributed by atoms with Gasteiger partial charge in [0.25, 0.3) is 5.69 Å². The van der Waals surface area contributed by atoms with Crippen LogP contribution < -0.4 is 5.32 Å². The Labute approximate surface area is 133 Å². The maximum absolute atomic E-state index is 13.0. The molecule has 0 atom stereocenters. The van der Waals surface area contributed by atoms with Crippen molar-refractivity contribution in [2.45, 2.75) is 12.7 Å². The van der Waals surface area contributed by atoms with Gasteiger partial charge in [-0.15, -0.1) is 0 Å². The minimum absolute atomic E-state index is 0.0126. The molecule has 2 N–H and O–H groups in total. The van der Waals surface area contributed by atoms with E-state index in [9.17, 15) is 23.3 Å². The molecular weight excluding hydrogens is 325 g/mol. The van der Waals surface area contributed by atoms with Crippen LogP contribution in [0.15, 0.2) is 42.6 Å². The Bertz CT molecular complexity index is 905. The average molecular weight is 336 g/mol. The number of nitrogens with zero attached hydrogens (tertiary/aromatic N) is 2. The molecule has 0 spiro atoms. The van der Waals surface area contributed by atoms with Crippen molar-refractivity contribution in [3.63, 3.8) is 0 Å². The van der Waals surface area contributed by atoms with Gasteiger partial charge in [-0.3, -0.25) is 15.2 Å². The number of aromatic nitrogens is 2. The van der Waals surface area contributed by atoms with Gasteiger partial charge in [-0.05, 0) is 12.1 Å². The van der Waals surface area contributed by atoms with Gasteiger partial charge in [0.2, 0.25) is 0 Å². The second kappa shape index (κ2) is 5.84. The van der Waals surface area contributed by atoms with Crippen molar-refractivity contribution >= 4 is 22.3 Å². The Hall–Kier alpha value is -3.10. The van der Waals surface area contributed by atoms with Gasteiger partial charge in [-0.2, -0.15) is 18.3 Å². The summed E-state index contributed by atoms with van der Waals surface area (Å²) in [4.78, 5) is 10.5. The molecule has 0 aliphatic heterocycles. The first-order chi connectivity index (χ1) is 11.4. The number of hydrogen-bond acceptors (Lipinski definition) is 4. The second-order valence-corrected chi connectivity index (χ2v) is 5.09. The van der Waals surface area contributed by atoms with Crippen molar-refractivity contribution in [3.05, 3.63) is 63.8 Å². The first-order valence-electron chi connectivity index (χ1n) is 6.87. The van der Waals surface area contributed by atoms with Gasteiger partial charge < -0.3 is 5.32 Å². The van der Waals surface area contributed by atoms with E-state index in [0.29, 0.717) is 10.9 Å². The van der Waals surface area contributed by atoms with E-state index in [1.165, 1.54) is 18.3 Å². The molecular formula is C15H11F3N4O2. The molecule has 24 heavy (non-hydrogen) atoms. The van der Waals surface area contributed by atoms with Gasteiger partial charge in [0, 0.05) is 29.2 Å². The van der Waals surface area contributed by atoms with Gasteiger partial charge >= 0.3 is 6.18 Å². The predicted octanol–water partition coefficient (Wildman–Crippen LogP) is 4.10. The lowest BCUT2D eigenvalue weighted by Crippen LogP contribution is -2.08.